The van der Waals surface area contributed by atoms with Gasteiger partial charge in [-0.2, -0.15) is 0 Å². The summed E-state index contributed by atoms with van der Waals surface area (Å²) in [5.74, 6) is -0.586. The Morgan fingerprint density at radius 1 is 1.00 bits per heavy atom. The van der Waals surface area contributed by atoms with Crippen molar-refractivity contribution in [2.24, 2.45) is 0 Å². The van der Waals surface area contributed by atoms with Crippen LogP contribution in [-0.4, -0.2) is 46.4 Å². The molecule has 0 aliphatic rings. The van der Waals surface area contributed by atoms with Crippen LogP contribution in [0, 0.1) is 6.92 Å². The molecule has 0 aliphatic carbocycles. The molecule has 9 heteroatoms. The number of amides is 2. The van der Waals surface area contributed by atoms with Crippen molar-refractivity contribution in [3.63, 3.8) is 0 Å². The number of aromatic nitrogens is 1. The molecule has 2 amide bonds. The zero-order chi connectivity index (χ0) is 24.3. The molecular formula is C23H30N2O6S. The highest BCUT2D eigenvalue weighted by atomic mass is 32.1. The number of imide groups is 1. The zero-order valence-corrected chi connectivity index (χ0v) is 20.6. The Bertz CT molecular complexity index is 973. The van der Waals surface area contributed by atoms with Crippen LogP contribution in [0.15, 0.2) is 23.7 Å². The lowest BCUT2D eigenvalue weighted by molar-refractivity contribution is -0.000446. The van der Waals surface area contributed by atoms with Crippen molar-refractivity contribution in [2.75, 3.05) is 7.11 Å². The number of carbonyl (C=O) groups excluding carboxylic acids is 3. The molecule has 0 radical (unpaired) electrons. The summed E-state index contributed by atoms with van der Waals surface area (Å²) in [6.45, 7) is 11.8. The van der Waals surface area contributed by atoms with Gasteiger partial charge in [-0.1, -0.05) is 12.1 Å². The summed E-state index contributed by atoms with van der Waals surface area (Å²) in [6.07, 6.45) is -1.74. The molecule has 174 valence electrons. The first-order valence-electron chi connectivity index (χ1n) is 10.1. The minimum atomic E-state index is -0.870. The van der Waals surface area contributed by atoms with Gasteiger partial charge < -0.3 is 14.2 Å². The first-order valence-corrected chi connectivity index (χ1v) is 10.9. The van der Waals surface area contributed by atoms with E-state index < -0.39 is 29.4 Å². The molecule has 1 aromatic heterocycles. The van der Waals surface area contributed by atoms with E-state index in [1.54, 1.807) is 59.2 Å². The Morgan fingerprint density at radius 2 is 1.56 bits per heavy atom. The summed E-state index contributed by atoms with van der Waals surface area (Å²) in [5, 5.41) is 0. The number of benzene rings is 1. The number of nitrogens with zero attached hydrogens (tertiary/aromatic N) is 2. The zero-order valence-electron chi connectivity index (χ0n) is 19.8. The lowest BCUT2D eigenvalue weighted by Gasteiger charge is -2.29. The Hall–Kier alpha value is -2.94. The van der Waals surface area contributed by atoms with Crippen LogP contribution in [0.4, 0.5) is 9.59 Å². The van der Waals surface area contributed by atoms with E-state index in [9.17, 15) is 14.4 Å². The van der Waals surface area contributed by atoms with Gasteiger partial charge in [0.1, 0.15) is 11.2 Å². The minimum Gasteiger partial charge on any atom is -0.465 e. The fraction of sp³-hybridized carbons (Fsp3) is 0.478. The topological polar surface area (TPSA) is 95.0 Å². The van der Waals surface area contributed by atoms with E-state index in [0.717, 1.165) is 21.0 Å². The fourth-order valence-corrected chi connectivity index (χ4v) is 3.55. The van der Waals surface area contributed by atoms with Crippen LogP contribution in [0.5, 0.6) is 0 Å². The highest BCUT2D eigenvalue weighted by molar-refractivity contribution is 7.13. The monoisotopic (exact) mass is 462 g/mol. The van der Waals surface area contributed by atoms with Gasteiger partial charge in [0.15, 0.2) is 0 Å². The molecule has 1 heterocycles. The molecule has 2 aromatic rings. The number of hydrogen-bond acceptors (Lipinski definition) is 8. The fourth-order valence-electron chi connectivity index (χ4n) is 2.74. The predicted molar refractivity (Wildman–Crippen MR) is 122 cm³/mol. The third-order valence-corrected chi connectivity index (χ3v) is 5.06. The molecule has 0 bridgehead atoms. The molecule has 0 saturated carbocycles. The van der Waals surface area contributed by atoms with E-state index in [2.05, 4.69) is 4.98 Å². The van der Waals surface area contributed by atoms with Gasteiger partial charge in [-0.05, 0) is 65.7 Å². The van der Waals surface area contributed by atoms with E-state index >= 15 is 0 Å². The van der Waals surface area contributed by atoms with E-state index in [1.165, 1.54) is 18.4 Å². The van der Waals surface area contributed by atoms with Gasteiger partial charge in [0, 0.05) is 0 Å². The SMILES string of the molecule is COC(=O)c1cc(-c2scnc2C)ccc1CN(C(=O)OC(C)(C)C)C(=O)OC(C)(C)C. The molecule has 8 nitrogen and oxygen atoms in total. The van der Waals surface area contributed by atoms with Gasteiger partial charge >= 0.3 is 18.2 Å². The molecule has 0 unspecified atom stereocenters. The van der Waals surface area contributed by atoms with Crippen molar-refractivity contribution in [3.8, 4) is 10.4 Å². The molecule has 1 aromatic carbocycles. The standard InChI is InChI=1S/C23H30N2O6S/c1-14-18(32-13-24-14)15-9-10-16(17(11-15)19(26)29-8)12-25(20(27)30-22(2,3)4)21(28)31-23(5,6)7/h9-11,13H,12H2,1-8H3. The van der Waals surface area contributed by atoms with Gasteiger partial charge in [0.05, 0.1) is 35.3 Å². The summed E-state index contributed by atoms with van der Waals surface area (Å²) in [6, 6.07) is 5.16. The molecule has 0 spiro atoms. The average Bonchev–Trinajstić information content (AvgIpc) is 3.08. The summed E-state index contributed by atoms with van der Waals surface area (Å²) in [5.41, 5.74) is 2.35. The smallest absolute Gasteiger partial charge is 0.420 e. The maximum Gasteiger partial charge on any atom is 0.420 e. The number of thiazole rings is 1. The molecule has 0 N–H and O–H groups in total. The largest absolute Gasteiger partial charge is 0.465 e. The van der Waals surface area contributed by atoms with Gasteiger partial charge in [0.25, 0.3) is 0 Å². The summed E-state index contributed by atoms with van der Waals surface area (Å²) in [7, 11) is 1.27. The number of hydrogen-bond donors (Lipinski definition) is 0. The third kappa shape index (κ3) is 6.78. The van der Waals surface area contributed by atoms with Crippen LogP contribution in [0.2, 0.25) is 0 Å². The Labute approximate surface area is 192 Å². The van der Waals surface area contributed by atoms with Crippen LogP contribution >= 0.6 is 11.3 Å². The van der Waals surface area contributed by atoms with E-state index in [4.69, 9.17) is 14.2 Å². The lowest BCUT2D eigenvalue weighted by atomic mass is 10.0. The number of methoxy groups -OCH3 is 1. The number of carbonyl (C=O) groups is 3. The normalized spacial score (nSPS) is 11.6. The van der Waals surface area contributed by atoms with Crippen molar-refractivity contribution in [3.05, 3.63) is 40.5 Å². The van der Waals surface area contributed by atoms with Gasteiger partial charge in [-0.3, -0.25) is 0 Å². The van der Waals surface area contributed by atoms with Crippen LogP contribution in [0.1, 0.15) is 63.2 Å². The van der Waals surface area contributed by atoms with Crippen molar-refractivity contribution in [1.29, 1.82) is 0 Å². The summed E-state index contributed by atoms with van der Waals surface area (Å²) >= 11 is 1.45. The first-order chi connectivity index (χ1) is 14.7. The van der Waals surface area contributed by atoms with E-state index in [-0.39, 0.29) is 12.1 Å². The number of rotatable bonds is 4. The maximum absolute atomic E-state index is 12.8. The second-order valence-electron chi connectivity index (χ2n) is 9.18. The van der Waals surface area contributed by atoms with Crippen molar-refractivity contribution in [2.45, 2.75) is 66.2 Å². The van der Waals surface area contributed by atoms with E-state index in [1.807, 2.05) is 13.0 Å². The maximum atomic E-state index is 12.8. The minimum absolute atomic E-state index is 0.226. The summed E-state index contributed by atoms with van der Waals surface area (Å²) < 4.78 is 15.7. The van der Waals surface area contributed by atoms with Crippen LogP contribution in [0.3, 0.4) is 0 Å². The molecule has 0 fully saturated rings. The van der Waals surface area contributed by atoms with Crippen molar-refractivity contribution < 1.29 is 28.6 Å². The van der Waals surface area contributed by atoms with Gasteiger partial charge in [-0.15, -0.1) is 11.3 Å². The quantitative estimate of drug-likeness (QED) is 0.432. The molecule has 32 heavy (non-hydrogen) atoms. The highest BCUT2D eigenvalue weighted by Gasteiger charge is 2.32. The second kappa shape index (κ2) is 9.68. The van der Waals surface area contributed by atoms with Crippen LogP contribution in [0.25, 0.3) is 10.4 Å². The molecular weight excluding hydrogens is 432 g/mol. The van der Waals surface area contributed by atoms with Gasteiger partial charge in [-0.25, -0.2) is 24.3 Å². The molecule has 0 aliphatic heterocycles. The van der Waals surface area contributed by atoms with Crippen molar-refractivity contribution in [1.82, 2.24) is 9.88 Å². The van der Waals surface area contributed by atoms with Crippen LogP contribution in [-0.2, 0) is 20.8 Å². The number of esters is 1. The Balaban J connectivity index is 2.48. The third-order valence-electron chi connectivity index (χ3n) is 4.08. The van der Waals surface area contributed by atoms with E-state index in [0.29, 0.717) is 5.56 Å². The lowest BCUT2D eigenvalue weighted by Crippen LogP contribution is -2.43. The Morgan fingerprint density at radius 3 is 2.00 bits per heavy atom. The Kier molecular flexibility index (Phi) is 7.66. The van der Waals surface area contributed by atoms with Crippen molar-refractivity contribution >= 4 is 29.5 Å². The molecule has 2 rings (SSSR count). The predicted octanol–water partition coefficient (Wildman–Crippen LogP) is 5.58. The summed E-state index contributed by atoms with van der Waals surface area (Å²) in [4.78, 5) is 44.2. The van der Waals surface area contributed by atoms with Gasteiger partial charge in [0.2, 0.25) is 0 Å². The number of aryl methyl sites for hydroxylation is 1. The average molecular weight is 463 g/mol. The first kappa shape index (κ1) is 25.3. The number of ether oxygens (including phenoxy) is 3. The van der Waals surface area contributed by atoms with Crippen LogP contribution < -0.4 is 0 Å². The molecule has 0 atom stereocenters. The highest BCUT2D eigenvalue weighted by Crippen LogP contribution is 2.30. The molecule has 0 saturated heterocycles. The second-order valence-corrected chi connectivity index (χ2v) is 10.0.